The summed E-state index contributed by atoms with van der Waals surface area (Å²) in [6.45, 7) is 4.02. The molecular formula is C21H24N6. The van der Waals surface area contributed by atoms with Crippen molar-refractivity contribution in [3.63, 3.8) is 0 Å². The summed E-state index contributed by atoms with van der Waals surface area (Å²) < 4.78 is 0. The van der Waals surface area contributed by atoms with Gasteiger partial charge in [-0.05, 0) is 27.4 Å². The quantitative estimate of drug-likeness (QED) is 0.713. The standard InChI is InChI=1S/C21H24N6/c1-15-4-6-16(7-5-15)20-19(17-10-22-14-23-11-17)12-24-21(25-20)27-9-8-18(13-27)26(2)3/h4-7,10-12,14,18H,8-9,13H2,1-3H3/t18-/m0/s1. The van der Waals surface area contributed by atoms with Gasteiger partial charge in [-0.15, -0.1) is 0 Å². The van der Waals surface area contributed by atoms with E-state index in [0.717, 1.165) is 47.8 Å². The van der Waals surface area contributed by atoms with Crippen molar-refractivity contribution in [2.24, 2.45) is 0 Å². The first-order valence-electron chi connectivity index (χ1n) is 9.22. The number of anilines is 1. The van der Waals surface area contributed by atoms with E-state index in [4.69, 9.17) is 4.98 Å². The zero-order valence-electron chi connectivity index (χ0n) is 16.0. The Kier molecular flexibility index (Phi) is 4.81. The van der Waals surface area contributed by atoms with Gasteiger partial charge in [-0.1, -0.05) is 29.8 Å². The lowest BCUT2D eigenvalue weighted by molar-refractivity contribution is 0.315. The Morgan fingerprint density at radius 1 is 1.00 bits per heavy atom. The van der Waals surface area contributed by atoms with E-state index >= 15 is 0 Å². The van der Waals surface area contributed by atoms with Crippen LogP contribution in [0.25, 0.3) is 22.4 Å². The molecule has 3 heterocycles. The first-order valence-corrected chi connectivity index (χ1v) is 9.22. The summed E-state index contributed by atoms with van der Waals surface area (Å²) in [5.41, 5.74) is 5.10. The van der Waals surface area contributed by atoms with Gasteiger partial charge in [-0.2, -0.15) is 0 Å². The monoisotopic (exact) mass is 360 g/mol. The third-order valence-electron chi connectivity index (χ3n) is 5.15. The van der Waals surface area contributed by atoms with Crippen LogP contribution in [-0.2, 0) is 0 Å². The van der Waals surface area contributed by atoms with E-state index in [2.05, 4.69) is 70.0 Å². The van der Waals surface area contributed by atoms with Gasteiger partial charge >= 0.3 is 0 Å². The molecular weight excluding hydrogens is 336 g/mol. The van der Waals surface area contributed by atoms with Crippen molar-refractivity contribution in [1.29, 1.82) is 0 Å². The summed E-state index contributed by atoms with van der Waals surface area (Å²) in [5.74, 6) is 0.788. The molecule has 0 unspecified atom stereocenters. The van der Waals surface area contributed by atoms with Gasteiger partial charge in [0.25, 0.3) is 0 Å². The van der Waals surface area contributed by atoms with Gasteiger partial charge in [0.1, 0.15) is 6.33 Å². The van der Waals surface area contributed by atoms with Gasteiger partial charge in [0.05, 0.1) is 5.69 Å². The summed E-state index contributed by atoms with van der Waals surface area (Å²) in [6.07, 6.45) is 8.18. The maximum Gasteiger partial charge on any atom is 0.225 e. The molecule has 6 nitrogen and oxygen atoms in total. The Bertz CT molecular complexity index is 908. The van der Waals surface area contributed by atoms with Crippen molar-refractivity contribution in [2.45, 2.75) is 19.4 Å². The maximum absolute atomic E-state index is 4.97. The summed E-state index contributed by atoms with van der Waals surface area (Å²) >= 11 is 0. The molecule has 4 rings (SSSR count). The van der Waals surface area contributed by atoms with E-state index in [1.807, 2.05) is 6.20 Å². The number of hydrogen-bond donors (Lipinski definition) is 0. The fourth-order valence-corrected chi connectivity index (χ4v) is 3.45. The van der Waals surface area contributed by atoms with E-state index in [1.165, 1.54) is 11.9 Å². The second-order valence-electron chi connectivity index (χ2n) is 7.28. The third kappa shape index (κ3) is 3.66. The first kappa shape index (κ1) is 17.5. The Morgan fingerprint density at radius 2 is 1.74 bits per heavy atom. The zero-order valence-corrected chi connectivity index (χ0v) is 16.0. The van der Waals surface area contributed by atoms with Crippen LogP contribution in [0.15, 0.2) is 49.2 Å². The number of nitrogens with zero attached hydrogens (tertiary/aromatic N) is 6. The molecule has 138 valence electrons. The van der Waals surface area contributed by atoms with Crippen LogP contribution in [0.1, 0.15) is 12.0 Å². The number of aromatic nitrogens is 4. The molecule has 0 amide bonds. The third-order valence-corrected chi connectivity index (χ3v) is 5.15. The SMILES string of the molecule is Cc1ccc(-c2nc(N3CC[C@H](N(C)C)C3)ncc2-c2cncnc2)cc1. The minimum Gasteiger partial charge on any atom is -0.339 e. The van der Waals surface area contributed by atoms with Gasteiger partial charge < -0.3 is 9.80 Å². The summed E-state index contributed by atoms with van der Waals surface area (Å²) in [5, 5.41) is 0. The molecule has 0 aliphatic carbocycles. The smallest absolute Gasteiger partial charge is 0.225 e. The summed E-state index contributed by atoms with van der Waals surface area (Å²) in [4.78, 5) is 22.5. The minimum atomic E-state index is 0.540. The number of aryl methyl sites for hydroxylation is 1. The molecule has 0 spiro atoms. The molecule has 1 atom stereocenters. The summed E-state index contributed by atoms with van der Waals surface area (Å²) in [7, 11) is 4.26. The van der Waals surface area contributed by atoms with Crippen LogP contribution in [0.3, 0.4) is 0 Å². The predicted octanol–water partition coefficient (Wildman–Crippen LogP) is 3.05. The van der Waals surface area contributed by atoms with E-state index < -0.39 is 0 Å². The Hall–Kier alpha value is -2.86. The lowest BCUT2D eigenvalue weighted by Crippen LogP contribution is -2.32. The lowest BCUT2D eigenvalue weighted by Gasteiger charge is -2.21. The van der Waals surface area contributed by atoms with Crippen molar-refractivity contribution in [2.75, 3.05) is 32.1 Å². The van der Waals surface area contributed by atoms with Crippen molar-refractivity contribution in [1.82, 2.24) is 24.8 Å². The normalized spacial score (nSPS) is 16.9. The fraction of sp³-hybridized carbons (Fsp3) is 0.333. The fourth-order valence-electron chi connectivity index (χ4n) is 3.45. The van der Waals surface area contributed by atoms with E-state index in [9.17, 15) is 0 Å². The molecule has 0 bridgehead atoms. The number of rotatable bonds is 4. The van der Waals surface area contributed by atoms with Crippen LogP contribution in [0, 0.1) is 6.92 Å². The highest BCUT2D eigenvalue weighted by atomic mass is 15.3. The van der Waals surface area contributed by atoms with Crippen molar-refractivity contribution >= 4 is 5.95 Å². The Morgan fingerprint density at radius 3 is 2.41 bits per heavy atom. The molecule has 1 saturated heterocycles. The molecule has 3 aromatic rings. The minimum absolute atomic E-state index is 0.540. The predicted molar refractivity (Wildman–Crippen MR) is 108 cm³/mol. The first-order chi connectivity index (χ1) is 13.1. The van der Waals surface area contributed by atoms with Crippen LogP contribution < -0.4 is 4.90 Å². The largest absolute Gasteiger partial charge is 0.339 e. The molecule has 0 saturated carbocycles. The second-order valence-corrected chi connectivity index (χ2v) is 7.28. The van der Waals surface area contributed by atoms with Crippen LogP contribution in [0.2, 0.25) is 0 Å². The molecule has 0 radical (unpaired) electrons. The number of likely N-dealkylation sites (N-methyl/N-ethyl adjacent to an activating group) is 1. The number of benzene rings is 1. The van der Waals surface area contributed by atoms with Gasteiger partial charge in [0, 0.05) is 54.4 Å². The van der Waals surface area contributed by atoms with Crippen LogP contribution >= 0.6 is 0 Å². The van der Waals surface area contributed by atoms with Gasteiger partial charge in [-0.25, -0.2) is 19.9 Å². The molecule has 1 aromatic carbocycles. The highest BCUT2D eigenvalue weighted by molar-refractivity contribution is 5.80. The molecule has 27 heavy (non-hydrogen) atoms. The molecule has 6 heteroatoms. The Balaban J connectivity index is 1.76. The second kappa shape index (κ2) is 7.40. The molecule has 1 aliphatic rings. The van der Waals surface area contributed by atoms with Gasteiger partial charge in [0.15, 0.2) is 0 Å². The molecule has 2 aromatic heterocycles. The average molecular weight is 360 g/mol. The van der Waals surface area contributed by atoms with Crippen LogP contribution in [0.5, 0.6) is 0 Å². The highest BCUT2D eigenvalue weighted by Gasteiger charge is 2.26. The molecule has 0 N–H and O–H groups in total. The van der Waals surface area contributed by atoms with Gasteiger partial charge in [0.2, 0.25) is 5.95 Å². The van der Waals surface area contributed by atoms with E-state index in [0.29, 0.717) is 6.04 Å². The summed E-state index contributed by atoms with van der Waals surface area (Å²) in [6, 6.07) is 8.99. The van der Waals surface area contributed by atoms with E-state index in [-0.39, 0.29) is 0 Å². The van der Waals surface area contributed by atoms with Gasteiger partial charge in [-0.3, -0.25) is 0 Å². The number of hydrogen-bond acceptors (Lipinski definition) is 6. The van der Waals surface area contributed by atoms with Crippen molar-refractivity contribution < 1.29 is 0 Å². The van der Waals surface area contributed by atoms with Crippen LogP contribution in [-0.4, -0.2) is 58.1 Å². The van der Waals surface area contributed by atoms with Crippen LogP contribution in [0.4, 0.5) is 5.95 Å². The molecule has 1 fully saturated rings. The lowest BCUT2D eigenvalue weighted by atomic mass is 10.0. The zero-order chi connectivity index (χ0) is 18.8. The highest BCUT2D eigenvalue weighted by Crippen LogP contribution is 2.31. The topological polar surface area (TPSA) is 58.0 Å². The van der Waals surface area contributed by atoms with Crippen molar-refractivity contribution in [3.8, 4) is 22.4 Å². The molecule has 1 aliphatic heterocycles. The van der Waals surface area contributed by atoms with E-state index in [1.54, 1.807) is 12.4 Å². The average Bonchev–Trinajstić information content (AvgIpc) is 3.19. The van der Waals surface area contributed by atoms with Crippen molar-refractivity contribution in [3.05, 3.63) is 54.7 Å². The maximum atomic E-state index is 4.97. The Labute approximate surface area is 159 Å².